The van der Waals surface area contributed by atoms with E-state index in [0.29, 0.717) is 39.7 Å². The highest BCUT2D eigenvalue weighted by Gasteiger charge is 2.22. The van der Waals surface area contributed by atoms with Crippen LogP contribution in [0.2, 0.25) is 15.1 Å². The summed E-state index contributed by atoms with van der Waals surface area (Å²) >= 11 is 21.1. The largest absolute Gasteiger partial charge is 0.427 e. The van der Waals surface area contributed by atoms with Crippen molar-refractivity contribution in [1.82, 2.24) is 24.8 Å². The molecule has 16 heteroatoms. The van der Waals surface area contributed by atoms with Crippen LogP contribution in [0.15, 0.2) is 105 Å². The standard InChI is InChI=1S/C18H15ClN4O2S.C16H16Cl2N4OS/c1-11(24)25-14-6-4-13(5-7-14)22-17-16(10-21-18(20)23-17)26-15-8-2-12(19)3-9-15;1-11(23)21-4-6-22(7-5-21)16-15(9-19-10-20-16)24-14-3-2-12(17)8-13(14)18/h2-10H,1H3,(H3,20,21,22,23);2-3,8-10H,4-7H2,1H3. The highest BCUT2D eigenvalue weighted by atomic mass is 35.5. The maximum atomic E-state index is 11.5. The summed E-state index contributed by atoms with van der Waals surface area (Å²) in [5.41, 5.74) is 6.50. The first-order valence-corrected chi connectivity index (χ1v) is 17.9. The molecule has 6 rings (SSSR count). The van der Waals surface area contributed by atoms with Crippen LogP contribution in [0.1, 0.15) is 13.8 Å². The predicted octanol–water partition coefficient (Wildman–Crippen LogP) is 8.14. The monoisotopic (exact) mass is 768 g/mol. The molecule has 1 amide bonds. The maximum absolute atomic E-state index is 11.5. The zero-order chi connectivity index (χ0) is 35.6. The lowest BCUT2D eigenvalue weighted by atomic mass is 10.3. The van der Waals surface area contributed by atoms with Gasteiger partial charge in [0.15, 0.2) is 0 Å². The molecular formula is C34H31Cl3N8O3S2. The normalized spacial score (nSPS) is 12.5. The van der Waals surface area contributed by atoms with Gasteiger partial charge in [-0.15, -0.1) is 0 Å². The van der Waals surface area contributed by atoms with Gasteiger partial charge in [-0.25, -0.2) is 15.0 Å². The smallest absolute Gasteiger partial charge is 0.308 e. The van der Waals surface area contributed by atoms with Gasteiger partial charge in [0.05, 0.1) is 14.8 Å². The van der Waals surface area contributed by atoms with Gasteiger partial charge in [-0.2, -0.15) is 4.98 Å². The number of ether oxygens (including phenoxy) is 1. The van der Waals surface area contributed by atoms with E-state index in [-0.39, 0.29) is 17.8 Å². The number of nitrogens with one attached hydrogen (secondary N) is 1. The Bertz CT molecular complexity index is 1950. The van der Waals surface area contributed by atoms with Crippen LogP contribution in [0.4, 0.5) is 23.3 Å². The number of nitrogens with two attached hydrogens (primary N) is 1. The number of rotatable bonds is 8. The molecule has 50 heavy (non-hydrogen) atoms. The molecule has 2 aromatic heterocycles. The van der Waals surface area contributed by atoms with Crippen molar-refractivity contribution in [2.24, 2.45) is 0 Å². The Morgan fingerprint density at radius 1 is 0.820 bits per heavy atom. The third kappa shape index (κ3) is 10.6. The van der Waals surface area contributed by atoms with E-state index in [0.717, 1.165) is 44.2 Å². The average molecular weight is 770 g/mol. The summed E-state index contributed by atoms with van der Waals surface area (Å²) in [5, 5.41) is 5.09. The number of carbonyl (C=O) groups is 2. The number of amides is 1. The van der Waals surface area contributed by atoms with E-state index in [9.17, 15) is 9.59 Å². The zero-order valence-electron chi connectivity index (χ0n) is 26.8. The molecule has 11 nitrogen and oxygen atoms in total. The van der Waals surface area contributed by atoms with Gasteiger partial charge in [0.25, 0.3) is 0 Å². The molecule has 0 atom stereocenters. The Labute approximate surface area is 312 Å². The molecule has 1 fully saturated rings. The fourth-order valence-electron chi connectivity index (χ4n) is 4.62. The first-order chi connectivity index (χ1) is 24.0. The molecule has 3 aromatic carbocycles. The first kappa shape index (κ1) is 37.0. The number of esters is 1. The second kappa shape index (κ2) is 17.6. The number of carbonyl (C=O) groups excluding carboxylic acids is 2. The number of hydrogen-bond donors (Lipinski definition) is 2. The number of nitrogens with zero attached hydrogens (tertiary/aromatic N) is 6. The maximum Gasteiger partial charge on any atom is 0.308 e. The van der Waals surface area contributed by atoms with Gasteiger partial charge in [-0.3, -0.25) is 9.59 Å². The lowest BCUT2D eigenvalue weighted by molar-refractivity contribution is -0.132. The van der Waals surface area contributed by atoms with E-state index >= 15 is 0 Å². The van der Waals surface area contributed by atoms with Crippen LogP contribution in [-0.4, -0.2) is 62.9 Å². The van der Waals surface area contributed by atoms with Gasteiger partial charge >= 0.3 is 5.97 Å². The highest BCUT2D eigenvalue weighted by Crippen LogP contribution is 2.38. The van der Waals surface area contributed by atoms with Gasteiger partial charge < -0.3 is 25.6 Å². The molecule has 1 saturated heterocycles. The topological polar surface area (TPSA) is 139 Å². The van der Waals surface area contributed by atoms with Crippen LogP contribution in [0, 0.1) is 0 Å². The first-order valence-electron chi connectivity index (χ1n) is 15.1. The molecule has 1 aliphatic rings. The SMILES string of the molecule is CC(=O)N1CCN(c2ncncc2Sc2ccc(Cl)cc2Cl)CC1.CC(=O)Oc1ccc(Nc2nc(N)ncc2Sc2ccc(Cl)cc2)cc1. The highest BCUT2D eigenvalue weighted by molar-refractivity contribution is 7.99. The predicted molar refractivity (Wildman–Crippen MR) is 200 cm³/mol. The minimum atomic E-state index is -0.365. The van der Waals surface area contributed by atoms with Crippen LogP contribution in [0.5, 0.6) is 5.75 Å². The quantitative estimate of drug-likeness (QED) is 0.116. The molecule has 1 aliphatic heterocycles. The van der Waals surface area contributed by atoms with E-state index in [1.165, 1.54) is 30.4 Å². The van der Waals surface area contributed by atoms with E-state index < -0.39 is 0 Å². The number of halogens is 3. The third-order valence-electron chi connectivity index (χ3n) is 6.99. The summed E-state index contributed by atoms with van der Waals surface area (Å²) in [6.45, 7) is 5.85. The minimum absolute atomic E-state index is 0.111. The van der Waals surface area contributed by atoms with Crippen molar-refractivity contribution in [1.29, 1.82) is 0 Å². The van der Waals surface area contributed by atoms with Crippen molar-refractivity contribution in [3.63, 3.8) is 0 Å². The van der Waals surface area contributed by atoms with Gasteiger partial charge in [0.1, 0.15) is 23.7 Å². The average Bonchev–Trinajstić information content (AvgIpc) is 3.09. The summed E-state index contributed by atoms with van der Waals surface area (Å²) in [7, 11) is 0. The Balaban J connectivity index is 0.000000195. The molecule has 0 spiro atoms. The van der Waals surface area contributed by atoms with E-state index in [1.54, 1.807) is 56.0 Å². The van der Waals surface area contributed by atoms with Crippen molar-refractivity contribution in [2.45, 2.75) is 33.4 Å². The van der Waals surface area contributed by atoms with Crippen molar-refractivity contribution in [3.8, 4) is 5.75 Å². The number of nitrogen functional groups attached to an aromatic ring is 1. The van der Waals surface area contributed by atoms with E-state index in [2.05, 4.69) is 30.2 Å². The number of aromatic nitrogens is 4. The van der Waals surface area contributed by atoms with Crippen molar-refractivity contribution in [2.75, 3.05) is 42.1 Å². The fourth-order valence-corrected chi connectivity index (χ4v) is 7.01. The second-order valence-corrected chi connectivity index (χ2v) is 14.1. The van der Waals surface area contributed by atoms with Crippen molar-refractivity contribution >= 4 is 93.5 Å². The molecule has 0 radical (unpaired) electrons. The van der Waals surface area contributed by atoms with Gasteiger partial charge in [-0.05, 0) is 66.7 Å². The van der Waals surface area contributed by atoms with E-state index in [4.69, 9.17) is 45.3 Å². The van der Waals surface area contributed by atoms with Gasteiger partial charge in [0.2, 0.25) is 11.9 Å². The van der Waals surface area contributed by atoms with Crippen molar-refractivity contribution in [3.05, 3.63) is 101 Å². The van der Waals surface area contributed by atoms with Crippen LogP contribution < -0.4 is 20.7 Å². The van der Waals surface area contributed by atoms with Crippen LogP contribution in [0.25, 0.3) is 0 Å². The molecule has 258 valence electrons. The summed E-state index contributed by atoms with van der Waals surface area (Å²) < 4.78 is 5.02. The van der Waals surface area contributed by atoms with Crippen LogP contribution in [0.3, 0.4) is 0 Å². The second-order valence-electron chi connectivity index (χ2n) is 10.6. The molecule has 0 bridgehead atoms. The number of hydrogen-bond acceptors (Lipinski definition) is 12. The van der Waals surface area contributed by atoms with E-state index in [1.807, 2.05) is 41.3 Å². The summed E-state index contributed by atoms with van der Waals surface area (Å²) in [5.74, 6) is 1.84. The van der Waals surface area contributed by atoms with Gasteiger partial charge in [-0.1, -0.05) is 58.3 Å². The Morgan fingerprint density at radius 3 is 2.18 bits per heavy atom. The van der Waals surface area contributed by atoms with Crippen LogP contribution in [-0.2, 0) is 9.59 Å². The molecule has 5 aromatic rings. The lowest BCUT2D eigenvalue weighted by Gasteiger charge is -2.35. The molecule has 3 N–H and O–H groups in total. The Kier molecular flexibility index (Phi) is 13.0. The van der Waals surface area contributed by atoms with Gasteiger partial charge in [0, 0.05) is 77.9 Å². The summed E-state index contributed by atoms with van der Waals surface area (Å²) in [6, 6.07) is 19.9. The summed E-state index contributed by atoms with van der Waals surface area (Å²) in [6.07, 6.45) is 4.99. The molecule has 3 heterocycles. The molecule has 0 unspecified atom stereocenters. The van der Waals surface area contributed by atoms with Crippen molar-refractivity contribution < 1.29 is 14.3 Å². The number of piperazine rings is 1. The third-order valence-corrected chi connectivity index (χ3v) is 10.0. The van der Waals surface area contributed by atoms with Crippen LogP contribution >= 0.6 is 58.3 Å². The lowest BCUT2D eigenvalue weighted by Crippen LogP contribution is -2.48. The number of anilines is 4. The molecular weight excluding hydrogens is 739 g/mol. The zero-order valence-corrected chi connectivity index (χ0v) is 30.7. The Morgan fingerprint density at radius 2 is 1.52 bits per heavy atom. The summed E-state index contributed by atoms with van der Waals surface area (Å²) in [4.78, 5) is 47.0. The molecule has 0 saturated carbocycles. The molecule has 0 aliphatic carbocycles. The minimum Gasteiger partial charge on any atom is -0.427 e. The fraction of sp³-hybridized carbons (Fsp3) is 0.176. The number of benzene rings is 3. The Hall–Kier alpha value is -4.27.